The lowest BCUT2D eigenvalue weighted by Gasteiger charge is -2.48. The molecule has 11 heteroatoms. The molecule has 3 heterocycles. The fourth-order valence-corrected chi connectivity index (χ4v) is 3.77. The smallest absolute Gasteiger partial charge is 0.318 e. The third-order valence-corrected chi connectivity index (χ3v) is 5.41. The van der Waals surface area contributed by atoms with Crippen LogP contribution in [0.1, 0.15) is 24.1 Å². The molecule has 0 unspecified atom stereocenters. The van der Waals surface area contributed by atoms with Gasteiger partial charge in [0.1, 0.15) is 5.75 Å². The summed E-state index contributed by atoms with van der Waals surface area (Å²) >= 11 is 0. The Balaban J connectivity index is 0.000000968. The van der Waals surface area contributed by atoms with Gasteiger partial charge in [0.05, 0.1) is 31.1 Å². The number of ether oxygens (including phenoxy) is 1. The molecule has 176 valence electrons. The SMILES string of the molecule is CCn1cnc(CNC(=O)C2(Cc3cccc(OC)c3)CN(c3nnc(C)o3)C2)c1.O=CO. The molecule has 11 nitrogen and oxygen atoms in total. The van der Waals surface area contributed by atoms with Crippen molar-refractivity contribution in [3.05, 3.63) is 53.9 Å². The van der Waals surface area contributed by atoms with E-state index in [1.165, 1.54) is 0 Å². The van der Waals surface area contributed by atoms with Crippen LogP contribution in [0.3, 0.4) is 0 Å². The van der Waals surface area contributed by atoms with Crippen LogP contribution in [0.25, 0.3) is 0 Å². The lowest BCUT2D eigenvalue weighted by Crippen LogP contribution is -2.64. The van der Waals surface area contributed by atoms with Crippen molar-refractivity contribution in [1.29, 1.82) is 0 Å². The molecule has 2 aromatic heterocycles. The van der Waals surface area contributed by atoms with Gasteiger partial charge in [-0.2, -0.15) is 0 Å². The number of amides is 1. The third kappa shape index (κ3) is 5.68. The molecule has 1 amide bonds. The minimum atomic E-state index is -0.595. The molecule has 0 spiro atoms. The molecule has 0 atom stereocenters. The van der Waals surface area contributed by atoms with E-state index < -0.39 is 5.41 Å². The number of hydrogen-bond acceptors (Lipinski definition) is 8. The number of carbonyl (C=O) groups excluding carboxylic acids is 1. The number of imidazole rings is 1. The van der Waals surface area contributed by atoms with Gasteiger partial charge in [0.2, 0.25) is 11.8 Å². The zero-order chi connectivity index (χ0) is 23.8. The molecule has 1 aromatic carbocycles. The van der Waals surface area contributed by atoms with E-state index in [1.54, 1.807) is 20.4 Å². The number of nitrogens with zero attached hydrogens (tertiary/aromatic N) is 5. The molecular formula is C22H28N6O5. The summed E-state index contributed by atoms with van der Waals surface area (Å²) in [7, 11) is 1.64. The number of aromatic nitrogens is 4. The minimum Gasteiger partial charge on any atom is -0.497 e. The molecule has 3 aromatic rings. The van der Waals surface area contributed by atoms with Crippen molar-refractivity contribution >= 4 is 18.4 Å². The summed E-state index contributed by atoms with van der Waals surface area (Å²) in [5.41, 5.74) is 1.29. The summed E-state index contributed by atoms with van der Waals surface area (Å²) in [4.78, 5) is 27.9. The van der Waals surface area contributed by atoms with Gasteiger partial charge in [-0.15, -0.1) is 5.10 Å². The second-order valence-corrected chi connectivity index (χ2v) is 7.75. The fourth-order valence-electron chi connectivity index (χ4n) is 3.77. The highest BCUT2D eigenvalue weighted by Gasteiger charge is 2.50. The van der Waals surface area contributed by atoms with E-state index in [1.807, 2.05) is 39.9 Å². The third-order valence-electron chi connectivity index (χ3n) is 5.41. The van der Waals surface area contributed by atoms with E-state index in [-0.39, 0.29) is 12.4 Å². The first-order valence-electron chi connectivity index (χ1n) is 10.5. The lowest BCUT2D eigenvalue weighted by molar-refractivity contribution is -0.133. The van der Waals surface area contributed by atoms with Gasteiger partial charge in [-0.05, 0) is 31.0 Å². The predicted molar refractivity (Wildman–Crippen MR) is 119 cm³/mol. The van der Waals surface area contributed by atoms with Crippen LogP contribution in [-0.2, 0) is 29.1 Å². The predicted octanol–water partition coefficient (Wildman–Crippen LogP) is 1.67. The molecule has 33 heavy (non-hydrogen) atoms. The molecule has 4 rings (SSSR count). The number of methoxy groups -OCH3 is 1. The Bertz CT molecular complexity index is 1070. The van der Waals surface area contributed by atoms with Gasteiger partial charge in [0, 0.05) is 32.8 Å². The van der Waals surface area contributed by atoms with Crippen molar-refractivity contribution < 1.29 is 23.8 Å². The van der Waals surface area contributed by atoms with Gasteiger partial charge >= 0.3 is 6.01 Å². The number of carboxylic acid groups (broad SMARTS) is 1. The zero-order valence-corrected chi connectivity index (χ0v) is 18.9. The van der Waals surface area contributed by atoms with Crippen molar-refractivity contribution in [3.63, 3.8) is 0 Å². The highest BCUT2D eigenvalue weighted by atomic mass is 16.5. The summed E-state index contributed by atoms with van der Waals surface area (Å²) in [5, 5.41) is 17.9. The van der Waals surface area contributed by atoms with E-state index in [0.29, 0.717) is 38.0 Å². The summed E-state index contributed by atoms with van der Waals surface area (Å²) in [6.45, 7) is 5.80. The first-order valence-corrected chi connectivity index (χ1v) is 10.5. The first-order chi connectivity index (χ1) is 15.9. The lowest BCUT2D eigenvalue weighted by atomic mass is 9.74. The standard InChI is InChI=1S/C21H26N6O3.CH2O2/c1-4-26-11-17(23-14-26)10-22-19(28)21(9-16-6-5-7-18(8-16)29-3)12-27(13-21)20-25-24-15(2)30-20;2-1-3/h5-8,11,14H,4,9-10,12-13H2,1-3H3,(H,22,28);1H,(H,2,3). The molecule has 0 saturated carbocycles. The van der Waals surface area contributed by atoms with Gasteiger partial charge in [-0.25, -0.2) is 4.98 Å². The first kappa shape index (κ1) is 23.8. The van der Waals surface area contributed by atoms with Gasteiger partial charge in [0.25, 0.3) is 6.47 Å². The fraction of sp³-hybridized carbons (Fsp3) is 0.409. The minimum absolute atomic E-state index is 0.0103. The van der Waals surface area contributed by atoms with E-state index in [4.69, 9.17) is 19.1 Å². The maximum Gasteiger partial charge on any atom is 0.318 e. The summed E-state index contributed by atoms with van der Waals surface area (Å²) in [6.07, 6.45) is 4.31. The van der Waals surface area contributed by atoms with E-state index in [2.05, 4.69) is 27.4 Å². The van der Waals surface area contributed by atoms with Crippen molar-refractivity contribution in [3.8, 4) is 5.75 Å². The number of aryl methyl sites for hydroxylation is 2. The Labute approximate surface area is 191 Å². The van der Waals surface area contributed by atoms with E-state index >= 15 is 0 Å². The Morgan fingerprint density at radius 1 is 1.36 bits per heavy atom. The van der Waals surface area contributed by atoms with Crippen molar-refractivity contribution in [2.45, 2.75) is 33.4 Å². The number of rotatable bonds is 8. The van der Waals surface area contributed by atoms with Gasteiger partial charge in [-0.1, -0.05) is 17.2 Å². The topological polar surface area (TPSA) is 136 Å². The second kappa shape index (κ2) is 10.6. The summed E-state index contributed by atoms with van der Waals surface area (Å²) in [6, 6.07) is 8.27. The normalized spacial score (nSPS) is 14.0. The van der Waals surface area contributed by atoms with E-state index in [9.17, 15) is 4.79 Å². The molecule has 1 aliphatic rings. The largest absolute Gasteiger partial charge is 0.497 e. The number of carbonyl (C=O) groups is 2. The maximum absolute atomic E-state index is 13.3. The Hall–Kier alpha value is -3.89. The van der Waals surface area contributed by atoms with E-state index in [0.717, 1.165) is 23.6 Å². The van der Waals surface area contributed by atoms with Crippen LogP contribution in [0, 0.1) is 12.3 Å². The second-order valence-electron chi connectivity index (χ2n) is 7.75. The molecule has 1 fully saturated rings. The molecule has 1 aliphatic heterocycles. The molecule has 2 N–H and O–H groups in total. The number of anilines is 1. The monoisotopic (exact) mass is 456 g/mol. The van der Waals surface area contributed by atoms with Gasteiger partial charge in [-0.3, -0.25) is 9.59 Å². The quantitative estimate of drug-likeness (QED) is 0.485. The summed E-state index contributed by atoms with van der Waals surface area (Å²) in [5.74, 6) is 1.27. The van der Waals surface area contributed by atoms with Crippen LogP contribution >= 0.6 is 0 Å². The van der Waals surface area contributed by atoms with Crippen LogP contribution in [0.2, 0.25) is 0 Å². The Morgan fingerprint density at radius 3 is 2.73 bits per heavy atom. The molecular weight excluding hydrogens is 428 g/mol. The number of nitrogens with one attached hydrogen (secondary N) is 1. The average molecular weight is 457 g/mol. The van der Waals surface area contributed by atoms with Crippen LogP contribution in [-0.4, -0.2) is 57.4 Å². The zero-order valence-electron chi connectivity index (χ0n) is 18.9. The highest BCUT2D eigenvalue weighted by Crippen LogP contribution is 2.38. The van der Waals surface area contributed by atoms with Crippen LogP contribution in [0.5, 0.6) is 5.75 Å². The molecule has 0 radical (unpaired) electrons. The van der Waals surface area contributed by atoms with Gasteiger partial charge in [0.15, 0.2) is 0 Å². The Kier molecular flexibility index (Phi) is 7.65. The highest BCUT2D eigenvalue weighted by molar-refractivity contribution is 5.86. The van der Waals surface area contributed by atoms with Gasteiger partial charge < -0.3 is 29.0 Å². The van der Waals surface area contributed by atoms with Crippen LogP contribution in [0.15, 0.2) is 41.2 Å². The van der Waals surface area contributed by atoms with Crippen LogP contribution in [0.4, 0.5) is 6.01 Å². The Morgan fingerprint density at radius 2 is 2.12 bits per heavy atom. The molecule has 0 bridgehead atoms. The van der Waals surface area contributed by atoms with Crippen molar-refractivity contribution in [1.82, 2.24) is 25.1 Å². The van der Waals surface area contributed by atoms with Crippen molar-refractivity contribution in [2.24, 2.45) is 5.41 Å². The molecule has 1 saturated heterocycles. The van der Waals surface area contributed by atoms with Crippen LogP contribution < -0.4 is 15.0 Å². The summed E-state index contributed by atoms with van der Waals surface area (Å²) < 4.78 is 12.9. The number of benzene rings is 1. The number of hydrogen-bond donors (Lipinski definition) is 2. The average Bonchev–Trinajstić information content (AvgIpc) is 3.43. The van der Waals surface area contributed by atoms with Crippen molar-refractivity contribution in [2.75, 3.05) is 25.1 Å². The maximum atomic E-state index is 13.3. The molecule has 0 aliphatic carbocycles.